The third-order valence-electron chi connectivity index (χ3n) is 4.47. The van der Waals surface area contributed by atoms with Gasteiger partial charge in [0.2, 0.25) is 5.91 Å². The second kappa shape index (κ2) is 10.5. The summed E-state index contributed by atoms with van der Waals surface area (Å²) >= 11 is 0. The number of rotatable bonds is 8. The third kappa shape index (κ3) is 6.61. The van der Waals surface area contributed by atoms with Crippen LogP contribution in [-0.4, -0.2) is 11.9 Å². The monoisotopic (exact) mass is 414 g/mol. The predicted molar refractivity (Wildman–Crippen MR) is 117 cm³/mol. The highest BCUT2D eigenvalue weighted by atomic mass is 16.5. The van der Waals surface area contributed by atoms with Gasteiger partial charge in [-0.3, -0.25) is 4.79 Å². The minimum atomic E-state index is -0.729. The number of nitrogens with two attached hydrogens (primary N) is 1. The number of ether oxygens (including phenoxy) is 1. The molecule has 0 aromatic heterocycles. The fourth-order valence-corrected chi connectivity index (χ4v) is 3.04. The molecule has 0 aliphatic rings. The smallest absolute Gasteiger partial charge is 0.312 e. The van der Waals surface area contributed by atoms with Crippen molar-refractivity contribution < 1.29 is 14.3 Å². The Balaban J connectivity index is 1.71. The molecule has 4 N–H and O–H groups in total. The van der Waals surface area contributed by atoms with Crippen LogP contribution >= 0.6 is 0 Å². The second-order valence-electron chi connectivity index (χ2n) is 6.83. The van der Waals surface area contributed by atoms with Gasteiger partial charge in [-0.15, -0.1) is 0 Å². The van der Waals surface area contributed by atoms with Gasteiger partial charge in [0.05, 0.1) is 25.0 Å². The van der Waals surface area contributed by atoms with E-state index in [-0.39, 0.29) is 12.3 Å². The number of hydrogen-bond donors (Lipinski definition) is 3. The fourth-order valence-electron chi connectivity index (χ4n) is 3.04. The largest absolute Gasteiger partial charge is 0.457 e. The number of nitrogens with one attached hydrogen (secondary N) is 2. The summed E-state index contributed by atoms with van der Waals surface area (Å²) in [5.74, 6) is 0.964. The van der Waals surface area contributed by atoms with Crippen LogP contribution in [0, 0.1) is 11.3 Å². The van der Waals surface area contributed by atoms with Crippen molar-refractivity contribution in [1.82, 2.24) is 5.32 Å². The van der Waals surface area contributed by atoms with Gasteiger partial charge in [-0.1, -0.05) is 42.5 Å². The van der Waals surface area contributed by atoms with Crippen LogP contribution in [0.1, 0.15) is 23.6 Å². The normalized spacial score (nSPS) is 11.1. The molecule has 3 aromatic carbocycles. The van der Waals surface area contributed by atoms with Crippen molar-refractivity contribution in [3.05, 3.63) is 90.0 Å². The number of hydrogen-bond acceptors (Lipinski definition) is 4. The molecule has 0 saturated heterocycles. The van der Waals surface area contributed by atoms with Gasteiger partial charge in [-0.25, -0.2) is 4.79 Å². The molecule has 0 aliphatic heterocycles. The highest BCUT2D eigenvalue weighted by Crippen LogP contribution is 2.26. The zero-order valence-electron chi connectivity index (χ0n) is 16.7. The van der Waals surface area contributed by atoms with Gasteiger partial charge < -0.3 is 21.1 Å². The number of benzene rings is 3. The van der Waals surface area contributed by atoms with Crippen molar-refractivity contribution in [1.29, 1.82) is 5.26 Å². The average molecular weight is 414 g/mol. The topological polar surface area (TPSA) is 117 Å². The number of carbonyl (C=O) groups excluding carboxylic acids is 2. The van der Waals surface area contributed by atoms with E-state index in [4.69, 9.17) is 15.7 Å². The lowest BCUT2D eigenvalue weighted by molar-refractivity contribution is -0.116. The van der Waals surface area contributed by atoms with Crippen LogP contribution in [0.15, 0.2) is 78.9 Å². The van der Waals surface area contributed by atoms with E-state index in [2.05, 4.69) is 16.7 Å². The molecule has 0 saturated carbocycles. The molecule has 31 heavy (non-hydrogen) atoms. The van der Waals surface area contributed by atoms with E-state index in [1.165, 1.54) is 0 Å². The summed E-state index contributed by atoms with van der Waals surface area (Å²) in [4.78, 5) is 24.1. The van der Waals surface area contributed by atoms with Gasteiger partial charge in [0.1, 0.15) is 11.5 Å². The van der Waals surface area contributed by atoms with E-state index in [1.807, 2.05) is 30.3 Å². The molecular formula is C24H22N4O3. The molecule has 0 fully saturated rings. The van der Waals surface area contributed by atoms with Crippen molar-refractivity contribution >= 4 is 17.6 Å². The van der Waals surface area contributed by atoms with Crippen molar-refractivity contribution in [2.45, 2.75) is 18.9 Å². The molecule has 7 heteroatoms. The molecule has 0 bridgehead atoms. The highest BCUT2D eigenvalue weighted by Gasteiger charge is 2.18. The van der Waals surface area contributed by atoms with Crippen LogP contribution in [0.25, 0.3) is 0 Å². The van der Waals surface area contributed by atoms with E-state index in [0.29, 0.717) is 29.2 Å². The van der Waals surface area contributed by atoms with E-state index in [0.717, 1.165) is 5.56 Å². The summed E-state index contributed by atoms with van der Waals surface area (Å²) in [6.45, 7) is 0. The minimum absolute atomic E-state index is 0.0162. The first-order chi connectivity index (χ1) is 15.0. The van der Waals surface area contributed by atoms with Gasteiger partial charge >= 0.3 is 6.03 Å². The maximum atomic E-state index is 12.6. The maximum absolute atomic E-state index is 12.6. The quantitative estimate of drug-likeness (QED) is 0.510. The lowest BCUT2D eigenvalue weighted by Gasteiger charge is -2.19. The van der Waals surface area contributed by atoms with Crippen LogP contribution in [-0.2, 0) is 11.2 Å². The lowest BCUT2D eigenvalue weighted by Crippen LogP contribution is -2.35. The Bertz CT molecular complexity index is 1080. The lowest BCUT2D eigenvalue weighted by atomic mass is 10.0. The number of urea groups is 1. The van der Waals surface area contributed by atoms with Crippen molar-refractivity contribution in [2.75, 3.05) is 5.32 Å². The Morgan fingerprint density at radius 3 is 2.35 bits per heavy atom. The summed E-state index contributed by atoms with van der Waals surface area (Å²) in [5.41, 5.74) is 7.48. The van der Waals surface area contributed by atoms with Crippen LogP contribution in [0.3, 0.4) is 0 Å². The molecule has 7 nitrogen and oxygen atoms in total. The Hall–Kier alpha value is -4.31. The fraction of sp³-hybridized carbons (Fsp3) is 0.125. The summed E-state index contributed by atoms with van der Waals surface area (Å²) in [7, 11) is 0. The first-order valence-electron chi connectivity index (χ1n) is 9.68. The van der Waals surface area contributed by atoms with E-state index < -0.39 is 12.1 Å². The Morgan fingerprint density at radius 1 is 0.968 bits per heavy atom. The predicted octanol–water partition coefficient (Wildman–Crippen LogP) is 4.28. The molecule has 3 aromatic rings. The molecule has 3 amide bonds. The number of nitriles is 1. The molecule has 0 spiro atoms. The second-order valence-corrected chi connectivity index (χ2v) is 6.83. The van der Waals surface area contributed by atoms with Crippen LogP contribution < -0.4 is 21.1 Å². The summed E-state index contributed by atoms with van der Waals surface area (Å²) in [6, 6.07) is 24.2. The van der Waals surface area contributed by atoms with Crippen LogP contribution in [0.2, 0.25) is 0 Å². The molecule has 1 unspecified atom stereocenters. The molecule has 0 aliphatic carbocycles. The molecule has 3 rings (SSSR count). The number of amides is 3. The maximum Gasteiger partial charge on any atom is 0.312 e. The Kier molecular flexibility index (Phi) is 7.22. The standard InChI is InChI=1S/C24H22N4O3/c25-14-13-17-9-11-19(12-10-17)27-23(29)16-22(28-24(26)30)18-5-4-8-21(15-18)31-20-6-2-1-3-7-20/h1-12,15,22H,13,16H2,(H,27,29)(H3,26,28,30). The van der Waals surface area contributed by atoms with Crippen LogP contribution in [0.4, 0.5) is 10.5 Å². The van der Waals surface area contributed by atoms with Gasteiger partial charge in [-0.2, -0.15) is 5.26 Å². The van der Waals surface area contributed by atoms with E-state index in [9.17, 15) is 9.59 Å². The van der Waals surface area contributed by atoms with E-state index in [1.54, 1.807) is 48.5 Å². The summed E-state index contributed by atoms with van der Waals surface area (Å²) in [6.07, 6.45) is 0.290. The minimum Gasteiger partial charge on any atom is -0.457 e. The number of carbonyl (C=O) groups is 2. The molecule has 156 valence electrons. The first-order valence-corrected chi connectivity index (χ1v) is 9.68. The van der Waals surface area contributed by atoms with Crippen LogP contribution in [0.5, 0.6) is 11.5 Å². The van der Waals surface area contributed by atoms with Gasteiger partial charge in [0, 0.05) is 5.69 Å². The third-order valence-corrected chi connectivity index (χ3v) is 4.47. The number of anilines is 1. The molecule has 1 atom stereocenters. The van der Waals surface area contributed by atoms with Crippen molar-refractivity contribution in [3.63, 3.8) is 0 Å². The SMILES string of the molecule is N#CCc1ccc(NC(=O)CC(NC(N)=O)c2cccc(Oc3ccccc3)c2)cc1. The highest BCUT2D eigenvalue weighted by molar-refractivity contribution is 5.91. The number of para-hydroxylation sites is 1. The Labute approximate surface area is 180 Å². The molecule has 0 heterocycles. The number of primary amides is 1. The van der Waals surface area contributed by atoms with Crippen molar-refractivity contribution in [2.24, 2.45) is 5.73 Å². The number of nitrogens with zero attached hydrogens (tertiary/aromatic N) is 1. The van der Waals surface area contributed by atoms with Gasteiger partial charge in [0.25, 0.3) is 0 Å². The summed E-state index contributed by atoms with van der Waals surface area (Å²) < 4.78 is 5.84. The van der Waals surface area contributed by atoms with Gasteiger partial charge in [-0.05, 0) is 47.5 Å². The summed E-state index contributed by atoms with van der Waals surface area (Å²) in [5, 5.41) is 14.2. The molecular weight excluding hydrogens is 392 g/mol. The Morgan fingerprint density at radius 2 is 1.68 bits per heavy atom. The first kappa shape index (κ1) is 21.4. The van der Waals surface area contributed by atoms with Crippen molar-refractivity contribution in [3.8, 4) is 17.6 Å². The van der Waals surface area contributed by atoms with Gasteiger partial charge in [0.15, 0.2) is 0 Å². The zero-order chi connectivity index (χ0) is 22.1. The van der Waals surface area contributed by atoms with E-state index >= 15 is 0 Å². The average Bonchev–Trinajstić information content (AvgIpc) is 2.75. The zero-order valence-corrected chi connectivity index (χ0v) is 16.7. The molecule has 0 radical (unpaired) electrons.